The molecule has 1 saturated heterocycles. The summed E-state index contributed by atoms with van der Waals surface area (Å²) in [5, 5.41) is 9.75. The minimum Gasteiger partial charge on any atom is -0.497 e. The summed E-state index contributed by atoms with van der Waals surface area (Å²) in [4.78, 5) is 17.0. The number of hydrogen-bond donors (Lipinski definition) is 1. The molecule has 32 heavy (non-hydrogen) atoms. The molecule has 1 aliphatic heterocycles. The highest BCUT2D eigenvalue weighted by Gasteiger charge is 2.28. The van der Waals surface area contributed by atoms with Crippen LogP contribution in [0.25, 0.3) is 0 Å². The average Bonchev–Trinajstić information content (AvgIpc) is 2.91. The Hall–Kier alpha value is -2.85. The van der Waals surface area contributed by atoms with Gasteiger partial charge in [0.05, 0.1) is 19.8 Å². The molecule has 1 aliphatic rings. The van der Waals surface area contributed by atoms with E-state index in [1.807, 2.05) is 53.4 Å². The number of hydrogen-bond acceptors (Lipinski definition) is 5. The summed E-state index contributed by atoms with van der Waals surface area (Å²) in [6, 6.07) is 15.7. The van der Waals surface area contributed by atoms with Crippen molar-refractivity contribution in [3.63, 3.8) is 0 Å². The van der Waals surface area contributed by atoms with Crippen molar-refractivity contribution >= 4 is 5.91 Å². The minimum absolute atomic E-state index is 0.0587. The van der Waals surface area contributed by atoms with Crippen molar-refractivity contribution in [3.05, 3.63) is 65.2 Å². The van der Waals surface area contributed by atoms with Crippen LogP contribution in [0.5, 0.6) is 5.75 Å². The fourth-order valence-corrected chi connectivity index (χ4v) is 3.60. The van der Waals surface area contributed by atoms with Crippen molar-refractivity contribution in [1.29, 1.82) is 0 Å². The van der Waals surface area contributed by atoms with E-state index >= 15 is 0 Å². The fourth-order valence-electron chi connectivity index (χ4n) is 3.60. The molecule has 6 heteroatoms. The molecule has 0 saturated carbocycles. The number of rotatable bonds is 6. The van der Waals surface area contributed by atoms with Crippen LogP contribution < -0.4 is 4.74 Å². The molecule has 1 atom stereocenters. The van der Waals surface area contributed by atoms with Gasteiger partial charge in [0, 0.05) is 38.9 Å². The summed E-state index contributed by atoms with van der Waals surface area (Å²) in [7, 11) is 3.34. The predicted molar refractivity (Wildman–Crippen MR) is 124 cm³/mol. The molecule has 1 fully saturated rings. The molecule has 2 aromatic rings. The Morgan fingerprint density at radius 3 is 2.22 bits per heavy atom. The van der Waals surface area contributed by atoms with Crippen LogP contribution in [0.15, 0.2) is 48.5 Å². The van der Waals surface area contributed by atoms with E-state index in [1.165, 1.54) is 0 Å². The molecule has 1 N–H and O–H groups in total. The summed E-state index contributed by atoms with van der Waals surface area (Å²) in [6.07, 6.45) is -0.0587. The topological polar surface area (TPSA) is 62.2 Å². The maximum Gasteiger partial charge on any atom is 0.237 e. The van der Waals surface area contributed by atoms with Gasteiger partial charge in [-0.25, -0.2) is 0 Å². The van der Waals surface area contributed by atoms with Gasteiger partial charge in [-0.2, -0.15) is 0 Å². The smallest absolute Gasteiger partial charge is 0.237 e. The van der Waals surface area contributed by atoms with Gasteiger partial charge in [0.25, 0.3) is 0 Å². The van der Waals surface area contributed by atoms with Crippen molar-refractivity contribution in [2.45, 2.75) is 38.6 Å². The van der Waals surface area contributed by atoms with E-state index in [-0.39, 0.29) is 12.0 Å². The van der Waals surface area contributed by atoms with Crippen LogP contribution in [0, 0.1) is 11.8 Å². The quantitative estimate of drug-likeness (QED) is 0.706. The lowest BCUT2D eigenvalue weighted by Gasteiger charge is -2.23. The van der Waals surface area contributed by atoms with E-state index in [0.717, 1.165) is 22.4 Å². The summed E-state index contributed by atoms with van der Waals surface area (Å²) >= 11 is 0. The van der Waals surface area contributed by atoms with Gasteiger partial charge >= 0.3 is 0 Å². The lowest BCUT2D eigenvalue weighted by Crippen LogP contribution is -2.37. The molecule has 6 nitrogen and oxygen atoms in total. The van der Waals surface area contributed by atoms with Crippen LogP contribution in [-0.2, 0) is 22.6 Å². The number of carbonyl (C=O) groups is 1. The van der Waals surface area contributed by atoms with Crippen LogP contribution >= 0.6 is 0 Å². The van der Waals surface area contributed by atoms with Gasteiger partial charge in [-0.05, 0) is 49.2 Å². The maximum atomic E-state index is 13.0. The predicted octanol–water partition coefficient (Wildman–Crippen LogP) is 2.68. The number of nitrogens with zero attached hydrogens (tertiary/aromatic N) is 2. The third-order valence-corrected chi connectivity index (χ3v) is 5.34. The third-order valence-electron chi connectivity index (χ3n) is 5.34. The van der Waals surface area contributed by atoms with Gasteiger partial charge in [0.2, 0.25) is 5.91 Å². The molecule has 1 heterocycles. The number of amides is 1. The van der Waals surface area contributed by atoms with Gasteiger partial charge in [-0.1, -0.05) is 36.1 Å². The first-order chi connectivity index (χ1) is 15.3. The average molecular weight is 437 g/mol. The van der Waals surface area contributed by atoms with Crippen molar-refractivity contribution in [3.8, 4) is 17.6 Å². The van der Waals surface area contributed by atoms with E-state index in [9.17, 15) is 9.90 Å². The maximum absolute atomic E-state index is 13.0. The summed E-state index contributed by atoms with van der Waals surface area (Å²) in [6.45, 7) is 6.11. The van der Waals surface area contributed by atoms with Crippen LogP contribution in [0.2, 0.25) is 0 Å². The summed E-state index contributed by atoms with van der Waals surface area (Å²) in [5.74, 6) is 6.69. The van der Waals surface area contributed by atoms with E-state index in [1.54, 1.807) is 28.1 Å². The monoisotopic (exact) mass is 436 g/mol. The number of aliphatic hydroxyl groups is 1. The first kappa shape index (κ1) is 23.8. The Balaban J connectivity index is 1.65. The molecule has 3 rings (SSSR count). The van der Waals surface area contributed by atoms with Crippen LogP contribution in [-0.4, -0.2) is 66.4 Å². The number of methoxy groups -OCH3 is 2. The Morgan fingerprint density at radius 1 is 1.00 bits per heavy atom. The molecule has 1 unspecified atom stereocenters. The molecule has 2 aromatic carbocycles. The molecule has 0 spiro atoms. The Bertz CT molecular complexity index is 953. The third kappa shape index (κ3) is 7.10. The highest BCUT2D eigenvalue weighted by molar-refractivity contribution is 5.78. The van der Waals surface area contributed by atoms with Crippen LogP contribution in [0.1, 0.15) is 30.5 Å². The van der Waals surface area contributed by atoms with Crippen LogP contribution in [0.4, 0.5) is 0 Å². The van der Waals surface area contributed by atoms with E-state index < -0.39 is 5.60 Å². The lowest BCUT2D eigenvalue weighted by atomic mass is 10.1. The van der Waals surface area contributed by atoms with Gasteiger partial charge in [0.15, 0.2) is 0 Å². The zero-order chi connectivity index (χ0) is 23.1. The van der Waals surface area contributed by atoms with E-state index in [4.69, 9.17) is 9.47 Å². The van der Waals surface area contributed by atoms with Crippen molar-refractivity contribution in [2.75, 3.05) is 33.9 Å². The highest BCUT2D eigenvalue weighted by Crippen LogP contribution is 2.17. The lowest BCUT2D eigenvalue weighted by molar-refractivity contribution is -0.132. The first-order valence-corrected chi connectivity index (χ1v) is 10.8. The molecular weight excluding hydrogens is 404 g/mol. The van der Waals surface area contributed by atoms with Gasteiger partial charge < -0.3 is 19.5 Å². The zero-order valence-electron chi connectivity index (χ0n) is 19.3. The van der Waals surface area contributed by atoms with Crippen molar-refractivity contribution < 1.29 is 19.4 Å². The van der Waals surface area contributed by atoms with E-state index in [0.29, 0.717) is 32.7 Å². The molecular formula is C26H32N2O4. The Kier molecular flexibility index (Phi) is 7.92. The van der Waals surface area contributed by atoms with Gasteiger partial charge in [-0.3, -0.25) is 9.69 Å². The second-order valence-electron chi connectivity index (χ2n) is 8.66. The number of ether oxygens (including phenoxy) is 2. The zero-order valence-corrected chi connectivity index (χ0v) is 19.3. The van der Waals surface area contributed by atoms with Crippen LogP contribution in [0.3, 0.4) is 0 Å². The number of carbonyl (C=O) groups excluding carboxylic acids is 1. The second-order valence-corrected chi connectivity index (χ2v) is 8.66. The molecule has 0 aliphatic carbocycles. The number of benzene rings is 2. The van der Waals surface area contributed by atoms with Gasteiger partial charge in [0.1, 0.15) is 11.4 Å². The Labute approximate surface area is 190 Å². The van der Waals surface area contributed by atoms with Crippen molar-refractivity contribution in [1.82, 2.24) is 9.80 Å². The molecule has 1 amide bonds. The standard InChI is InChI=1S/C26H32N2O4/c1-26(2,30)14-13-20-5-7-21(8-6-20)15-27-17-24(32-4)18-28(25(29)19-27)16-22-9-11-23(31-3)12-10-22/h5-12,24,30H,15-19H2,1-4H3. The minimum atomic E-state index is -1.02. The normalized spacial score (nSPS) is 17.5. The molecule has 0 radical (unpaired) electrons. The molecule has 170 valence electrons. The van der Waals surface area contributed by atoms with Crippen molar-refractivity contribution in [2.24, 2.45) is 0 Å². The van der Waals surface area contributed by atoms with E-state index in [2.05, 4.69) is 16.7 Å². The second kappa shape index (κ2) is 10.6. The largest absolute Gasteiger partial charge is 0.497 e. The summed E-state index contributed by atoms with van der Waals surface area (Å²) < 4.78 is 10.9. The SMILES string of the molecule is COc1ccc(CN2CC(OC)CN(Cc3ccc(C#CC(C)(C)O)cc3)CC2=O)cc1. The summed E-state index contributed by atoms with van der Waals surface area (Å²) in [5.41, 5.74) is 2.00. The highest BCUT2D eigenvalue weighted by atomic mass is 16.5. The molecule has 0 aromatic heterocycles. The molecule has 0 bridgehead atoms. The Morgan fingerprint density at radius 2 is 1.62 bits per heavy atom. The van der Waals surface area contributed by atoms with Gasteiger partial charge in [-0.15, -0.1) is 0 Å². The first-order valence-electron chi connectivity index (χ1n) is 10.8. The fraction of sp³-hybridized carbons (Fsp3) is 0.423.